The summed E-state index contributed by atoms with van der Waals surface area (Å²) < 4.78 is 21.2. The summed E-state index contributed by atoms with van der Waals surface area (Å²) in [5.74, 6) is 1.40. The number of fused-ring (bicyclic) bond motifs is 6. The molecule has 0 aliphatic carbocycles. The highest BCUT2D eigenvalue weighted by molar-refractivity contribution is 6.07. The Morgan fingerprint density at radius 2 is 1.51 bits per heavy atom. The van der Waals surface area contributed by atoms with Crippen LogP contribution in [-0.4, -0.2) is 101 Å². The van der Waals surface area contributed by atoms with Gasteiger partial charge in [0.05, 0.1) is 56.8 Å². The van der Waals surface area contributed by atoms with Gasteiger partial charge >= 0.3 is 12.2 Å². The van der Waals surface area contributed by atoms with Gasteiger partial charge in [-0.3, -0.25) is 9.59 Å². The minimum atomic E-state index is -0.976. The van der Waals surface area contributed by atoms with Crippen molar-refractivity contribution in [2.75, 3.05) is 47.6 Å². The molecule has 0 spiro atoms. The van der Waals surface area contributed by atoms with E-state index in [1.165, 1.54) is 20.6 Å². The number of aromatic amines is 2. The summed E-state index contributed by atoms with van der Waals surface area (Å²) in [6, 6.07) is 22.5. The van der Waals surface area contributed by atoms with Crippen LogP contribution in [0.4, 0.5) is 9.59 Å². The molecule has 4 N–H and O–H groups in total. The minimum Gasteiger partial charge on any atom is -0.488 e. The molecule has 4 amide bonds. The molecule has 16 nitrogen and oxygen atoms in total. The van der Waals surface area contributed by atoms with Crippen LogP contribution in [0.5, 0.6) is 5.75 Å². The molecule has 4 aromatic carbocycles. The molecule has 16 heteroatoms. The number of carbonyl (C=O) groups excluding carboxylic acids is 4. The molecule has 0 bridgehead atoms. The Morgan fingerprint density at radius 3 is 2.17 bits per heavy atom. The standard InChI is InChI=1S/C45H50N8O8.C3H8.C2H6.2C2H2/c1-6-16-52(40(54)21-47-44(56)59-4)23-38-46-20-36(49-38)30-12-14-32-31(17-30)26-61-37-19-33-29(18-34(32)37)13-15-35-42(33)50-39(48-35)24-53(22-27(2)25-58-3)43(55)41(51-45(57)60-5)28-10-8-7-9-11-28;1-3-2;3*1-2/h7-15,17-20,27,41H,6,16,21-26H2,1-5H3,(H,46,49)(H,47,56)(H,48,50)(H,51,57);3H2,1-2H3;1-2H3;2*1-2H/t27-,41-;;;;/m1..../s1. The highest BCUT2D eigenvalue weighted by Gasteiger charge is 2.30. The second-order valence-corrected chi connectivity index (χ2v) is 15.7. The Hall–Kier alpha value is -7.82. The number of methoxy groups -OCH3 is 3. The van der Waals surface area contributed by atoms with Gasteiger partial charge in [0, 0.05) is 31.1 Å². The van der Waals surface area contributed by atoms with Crippen LogP contribution in [0.3, 0.4) is 0 Å². The zero-order chi connectivity index (χ0) is 51.8. The number of hydrogen-bond donors (Lipinski definition) is 4. The number of benzene rings is 4. The summed E-state index contributed by atoms with van der Waals surface area (Å²) in [6.45, 7) is 14.2. The first kappa shape index (κ1) is 56.5. The van der Waals surface area contributed by atoms with Gasteiger partial charge in [-0.25, -0.2) is 19.6 Å². The van der Waals surface area contributed by atoms with E-state index < -0.39 is 18.2 Å². The van der Waals surface area contributed by atoms with Crippen molar-refractivity contribution >= 4 is 45.8 Å². The molecule has 3 heterocycles. The second-order valence-electron chi connectivity index (χ2n) is 15.7. The average Bonchev–Trinajstić information content (AvgIpc) is 4.05. The lowest BCUT2D eigenvalue weighted by atomic mass is 9.92. The van der Waals surface area contributed by atoms with Crippen LogP contribution in [0.2, 0.25) is 0 Å². The summed E-state index contributed by atoms with van der Waals surface area (Å²) in [7, 11) is 4.14. The molecule has 0 saturated heterocycles. The van der Waals surface area contributed by atoms with Gasteiger partial charge < -0.3 is 49.3 Å². The number of H-pyrrole nitrogens is 2. The van der Waals surface area contributed by atoms with Crippen molar-refractivity contribution < 1.29 is 38.1 Å². The number of nitrogens with one attached hydrogen (secondary N) is 4. The number of amides is 4. The summed E-state index contributed by atoms with van der Waals surface area (Å²) >= 11 is 0. The SMILES string of the molecule is C#C.C#C.CC.CCC.CCCN(Cc1ncc(-c2ccc3c(c2)COc2cc4c(ccc5[nH]c(CN(C[C@@H](C)COC)C(=O)[C@H](NC(=O)OC)c6ccccc6)nc54)cc2-3)[nH]1)C(=O)CNC(=O)OC. The van der Waals surface area contributed by atoms with Gasteiger partial charge in [0.1, 0.15) is 36.6 Å². The van der Waals surface area contributed by atoms with E-state index in [0.29, 0.717) is 43.5 Å². The molecule has 2 atom stereocenters. The number of rotatable bonds is 16. The third kappa shape index (κ3) is 14.8. The molecule has 1 aliphatic heterocycles. The van der Waals surface area contributed by atoms with Crippen molar-refractivity contribution in [2.24, 2.45) is 5.92 Å². The van der Waals surface area contributed by atoms with E-state index >= 15 is 0 Å². The van der Waals surface area contributed by atoms with Crippen molar-refractivity contribution in [2.45, 2.75) is 80.1 Å². The Bertz CT molecular complexity index is 2650. The van der Waals surface area contributed by atoms with E-state index in [-0.39, 0.29) is 37.4 Å². The lowest BCUT2D eigenvalue weighted by molar-refractivity contribution is -0.135. The van der Waals surface area contributed by atoms with Crippen molar-refractivity contribution in [3.05, 3.63) is 102 Å². The average molecular weight is 957 g/mol. The lowest BCUT2D eigenvalue weighted by Crippen LogP contribution is -2.44. The maximum absolute atomic E-state index is 14.3. The summed E-state index contributed by atoms with van der Waals surface area (Å²) in [4.78, 5) is 70.7. The third-order valence-corrected chi connectivity index (χ3v) is 10.6. The number of nitrogens with zero attached hydrogens (tertiary/aromatic N) is 4. The predicted molar refractivity (Wildman–Crippen MR) is 275 cm³/mol. The number of hydrogen-bond acceptors (Lipinski definition) is 10. The Labute approximate surface area is 412 Å². The number of terminal acetylenes is 2. The van der Waals surface area contributed by atoms with Gasteiger partial charge in [-0.1, -0.05) is 96.5 Å². The zero-order valence-electron chi connectivity index (χ0n) is 41.9. The lowest BCUT2D eigenvalue weighted by Gasteiger charge is -2.29. The molecule has 0 fully saturated rings. The second kappa shape index (κ2) is 29.2. The predicted octanol–water partition coefficient (Wildman–Crippen LogP) is 9.41. The fraction of sp³-hybridized carbons (Fsp3) is 0.370. The number of alkyl carbamates (subject to hydrolysis) is 2. The van der Waals surface area contributed by atoms with Gasteiger partial charge in [-0.2, -0.15) is 0 Å². The number of aromatic nitrogens is 4. The smallest absolute Gasteiger partial charge is 0.407 e. The van der Waals surface area contributed by atoms with Crippen LogP contribution in [0.15, 0.2) is 79.0 Å². The van der Waals surface area contributed by atoms with Crippen molar-refractivity contribution in [1.82, 2.24) is 40.4 Å². The quantitative estimate of drug-likeness (QED) is 0.0680. The molecular formula is C54H68N8O8. The molecule has 0 unspecified atom stereocenters. The van der Waals surface area contributed by atoms with Gasteiger partial charge in [0.25, 0.3) is 0 Å². The van der Waals surface area contributed by atoms with E-state index in [4.69, 9.17) is 19.2 Å². The van der Waals surface area contributed by atoms with Crippen LogP contribution < -0.4 is 15.4 Å². The van der Waals surface area contributed by atoms with E-state index in [2.05, 4.69) is 88.1 Å². The van der Waals surface area contributed by atoms with E-state index in [9.17, 15) is 19.2 Å². The highest BCUT2D eigenvalue weighted by atomic mass is 16.5. The fourth-order valence-electron chi connectivity index (χ4n) is 7.66. The molecule has 0 radical (unpaired) electrons. The number of carbonyl (C=O) groups is 4. The van der Waals surface area contributed by atoms with Crippen molar-refractivity contribution in [3.63, 3.8) is 0 Å². The Balaban J connectivity index is 0.00000135. The molecule has 1 aliphatic rings. The van der Waals surface area contributed by atoms with Gasteiger partial charge in [0.15, 0.2) is 0 Å². The molecule has 6 aromatic rings. The highest BCUT2D eigenvalue weighted by Crippen LogP contribution is 2.42. The first-order valence-corrected chi connectivity index (χ1v) is 23.2. The summed E-state index contributed by atoms with van der Waals surface area (Å²) in [5, 5.41) is 7.04. The summed E-state index contributed by atoms with van der Waals surface area (Å²) in [5.41, 5.74) is 6.96. The first-order chi connectivity index (χ1) is 34.0. The van der Waals surface area contributed by atoms with Gasteiger partial charge in [-0.05, 0) is 64.2 Å². The monoisotopic (exact) mass is 957 g/mol. The minimum absolute atomic E-state index is 0.00365. The van der Waals surface area contributed by atoms with Crippen LogP contribution in [0.1, 0.15) is 83.2 Å². The van der Waals surface area contributed by atoms with Crippen LogP contribution in [0, 0.1) is 31.6 Å². The molecule has 70 heavy (non-hydrogen) atoms. The zero-order valence-corrected chi connectivity index (χ0v) is 41.9. The van der Waals surface area contributed by atoms with E-state index in [0.717, 1.165) is 61.9 Å². The maximum atomic E-state index is 14.3. The van der Waals surface area contributed by atoms with Crippen LogP contribution in [0.25, 0.3) is 44.2 Å². The number of ether oxygens (including phenoxy) is 4. The molecule has 372 valence electrons. The van der Waals surface area contributed by atoms with Crippen molar-refractivity contribution in [3.8, 4) is 53.8 Å². The normalized spacial score (nSPS) is 11.5. The summed E-state index contributed by atoms with van der Waals surface area (Å²) in [6.07, 6.45) is 18.4. The molecule has 0 saturated carbocycles. The fourth-order valence-corrected chi connectivity index (χ4v) is 7.66. The molecular weight excluding hydrogens is 889 g/mol. The van der Waals surface area contributed by atoms with Crippen LogP contribution >= 0.6 is 0 Å². The first-order valence-electron chi connectivity index (χ1n) is 23.2. The van der Waals surface area contributed by atoms with E-state index in [1.807, 2.05) is 70.2 Å². The van der Waals surface area contributed by atoms with Crippen molar-refractivity contribution in [1.29, 1.82) is 0 Å². The Kier molecular flexibility index (Phi) is 23.5. The van der Waals surface area contributed by atoms with Gasteiger partial charge in [-0.15, -0.1) is 25.7 Å². The third-order valence-electron chi connectivity index (χ3n) is 10.6. The Morgan fingerprint density at radius 1 is 0.829 bits per heavy atom. The van der Waals surface area contributed by atoms with E-state index in [1.54, 1.807) is 35.2 Å². The molecule has 7 rings (SSSR count). The largest absolute Gasteiger partial charge is 0.488 e. The number of imidazole rings is 2. The van der Waals surface area contributed by atoms with Gasteiger partial charge in [0.2, 0.25) is 11.8 Å². The molecule has 2 aromatic heterocycles. The van der Waals surface area contributed by atoms with Crippen LogP contribution in [-0.2, 0) is 43.5 Å². The maximum Gasteiger partial charge on any atom is 0.407 e. The topological polar surface area (TPSA) is 193 Å².